The molecular weight excluding hydrogens is 236 g/mol. The number of carbonyl (C=O) groups is 1. The van der Waals surface area contributed by atoms with Gasteiger partial charge in [0.1, 0.15) is 11.7 Å². The Morgan fingerprint density at radius 2 is 2.15 bits per heavy atom. The minimum Gasteiger partial charge on any atom is -0.481 e. The van der Waals surface area contributed by atoms with Crippen molar-refractivity contribution in [1.29, 1.82) is 0 Å². The average Bonchev–Trinajstić information content (AvgIpc) is 2.09. The summed E-state index contributed by atoms with van der Waals surface area (Å²) in [5.41, 5.74) is 0. The third-order valence-electron chi connectivity index (χ3n) is 1.66. The van der Waals surface area contributed by atoms with Crippen LogP contribution in [0, 0.1) is 0 Å². The van der Waals surface area contributed by atoms with Crippen molar-refractivity contribution in [3.63, 3.8) is 0 Å². The van der Waals surface area contributed by atoms with Gasteiger partial charge in [-0.3, -0.25) is 4.79 Å². The van der Waals surface area contributed by atoms with Gasteiger partial charge in [-0.1, -0.05) is 6.92 Å². The van der Waals surface area contributed by atoms with Crippen molar-refractivity contribution in [2.75, 3.05) is 0 Å². The van der Waals surface area contributed by atoms with E-state index in [9.17, 15) is 4.79 Å². The van der Waals surface area contributed by atoms with Crippen molar-refractivity contribution in [3.05, 3.63) is 22.7 Å². The highest BCUT2D eigenvalue weighted by Gasteiger charge is 2.19. The number of nitrogens with zero attached hydrogens (tertiary/aromatic N) is 2. The predicted octanol–water partition coefficient (Wildman–Crippen LogP) is 1.82. The van der Waals surface area contributed by atoms with Gasteiger partial charge in [0.2, 0.25) is 0 Å². The Morgan fingerprint density at radius 3 is 2.54 bits per heavy atom. The lowest BCUT2D eigenvalue weighted by Crippen LogP contribution is -2.13. The summed E-state index contributed by atoms with van der Waals surface area (Å²) in [6.45, 7) is 1.80. The van der Waals surface area contributed by atoms with E-state index in [0.717, 1.165) is 4.47 Å². The Hall–Kier alpha value is -0.970. The quantitative estimate of drug-likeness (QED) is 0.882. The fourth-order valence-electron chi connectivity index (χ4n) is 0.970. The Kier molecular flexibility index (Phi) is 3.36. The molecule has 13 heavy (non-hydrogen) atoms. The van der Waals surface area contributed by atoms with E-state index >= 15 is 0 Å². The molecule has 0 aliphatic carbocycles. The molecule has 1 aromatic rings. The number of aliphatic carboxylic acids is 1. The van der Waals surface area contributed by atoms with Crippen LogP contribution in [0.4, 0.5) is 0 Å². The SMILES string of the molecule is CCC(C(=O)O)c1ncc(Br)cn1. The molecule has 1 atom stereocenters. The van der Waals surface area contributed by atoms with Crippen LogP contribution >= 0.6 is 15.9 Å². The summed E-state index contributed by atoms with van der Waals surface area (Å²) in [6, 6.07) is 0. The van der Waals surface area contributed by atoms with E-state index in [1.165, 1.54) is 0 Å². The molecule has 0 bridgehead atoms. The zero-order valence-corrected chi connectivity index (χ0v) is 8.65. The fourth-order valence-corrected chi connectivity index (χ4v) is 1.17. The van der Waals surface area contributed by atoms with Gasteiger partial charge < -0.3 is 5.11 Å². The van der Waals surface area contributed by atoms with Crippen LogP contribution in [0.3, 0.4) is 0 Å². The largest absolute Gasteiger partial charge is 0.481 e. The molecule has 0 saturated heterocycles. The summed E-state index contributed by atoms with van der Waals surface area (Å²) in [5, 5.41) is 8.80. The topological polar surface area (TPSA) is 63.1 Å². The van der Waals surface area contributed by atoms with E-state index in [0.29, 0.717) is 12.2 Å². The summed E-state index contributed by atoms with van der Waals surface area (Å²) in [5.74, 6) is -1.13. The molecule has 0 amide bonds. The molecule has 1 unspecified atom stereocenters. The van der Waals surface area contributed by atoms with Crippen LogP contribution in [-0.2, 0) is 4.79 Å². The van der Waals surface area contributed by atoms with Crippen LogP contribution in [0.1, 0.15) is 25.1 Å². The van der Waals surface area contributed by atoms with Crippen LogP contribution < -0.4 is 0 Å². The van der Waals surface area contributed by atoms with Gasteiger partial charge in [-0.05, 0) is 22.4 Å². The summed E-state index contributed by atoms with van der Waals surface area (Å²) in [4.78, 5) is 18.6. The first kappa shape index (κ1) is 10.1. The molecule has 0 aliphatic rings. The van der Waals surface area contributed by atoms with Gasteiger partial charge in [0.05, 0.1) is 4.47 Å². The molecule has 0 radical (unpaired) electrons. The lowest BCUT2D eigenvalue weighted by molar-refractivity contribution is -0.139. The second-order valence-electron chi connectivity index (χ2n) is 2.56. The van der Waals surface area contributed by atoms with Gasteiger partial charge >= 0.3 is 5.97 Å². The Bertz CT molecular complexity index is 300. The third kappa shape index (κ3) is 2.48. The van der Waals surface area contributed by atoms with Gasteiger partial charge in [0, 0.05) is 12.4 Å². The van der Waals surface area contributed by atoms with E-state index in [1.54, 1.807) is 19.3 Å². The summed E-state index contributed by atoms with van der Waals surface area (Å²) in [7, 11) is 0. The van der Waals surface area contributed by atoms with E-state index in [-0.39, 0.29) is 0 Å². The first-order chi connectivity index (χ1) is 6.15. The third-order valence-corrected chi connectivity index (χ3v) is 2.07. The lowest BCUT2D eigenvalue weighted by Gasteiger charge is -2.06. The summed E-state index contributed by atoms with van der Waals surface area (Å²) in [6.07, 6.45) is 3.60. The second kappa shape index (κ2) is 4.32. The number of hydrogen-bond donors (Lipinski definition) is 1. The molecule has 0 aliphatic heterocycles. The van der Waals surface area contributed by atoms with Crippen LogP contribution in [0.5, 0.6) is 0 Å². The highest BCUT2D eigenvalue weighted by atomic mass is 79.9. The average molecular weight is 245 g/mol. The first-order valence-corrected chi connectivity index (χ1v) is 4.64. The van der Waals surface area contributed by atoms with E-state index in [4.69, 9.17) is 5.11 Å². The number of hydrogen-bond acceptors (Lipinski definition) is 3. The van der Waals surface area contributed by atoms with Gasteiger partial charge in [-0.2, -0.15) is 0 Å². The number of carboxylic acids is 1. The molecule has 5 heteroatoms. The molecule has 1 rings (SSSR count). The molecular formula is C8H9BrN2O2. The highest BCUT2D eigenvalue weighted by Crippen LogP contribution is 2.16. The van der Waals surface area contributed by atoms with Crippen LogP contribution in [-0.4, -0.2) is 21.0 Å². The van der Waals surface area contributed by atoms with Crippen molar-refractivity contribution in [3.8, 4) is 0 Å². The maximum Gasteiger partial charge on any atom is 0.314 e. The summed E-state index contributed by atoms with van der Waals surface area (Å²) < 4.78 is 0.747. The van der Waals surface area contributed by atoms with Crippen molar-refractivity contribution in [2.24, 2.45) is 0 Å². The fraction of sp³-hybridized carbons (Fsp3) is 0.375. The van der Waals surface area contributed by atoms with Gasteiger partial charge in [0.25, 0.3) is 0 Å². The van der Waals surface area contributed by atoms with Crippen molar-refractivity contribution in [1.82, 2.24) is 9.97 Å². The number of halogens is 1. The van der Waals surface area contributed by atoms with Crippen LogP contribution in [0.2, 0.25) is 0 Å². The van der Waals surface area contributed by atoms with E-state index < -0.39 is 11.9 Å². The Balaban J connectivity index is 2.92. The maximum atomic E-state index is 10.7. The normalized spacial score (nSPS) is 12.5. The lowest BCUT2D eigenvalue weighted by atomic mass is 10.1. The van der Waals surface area contributed by atoms with E-state index in [1.807, 2.05) is 0 Å². The molecule has 0 fully saturated rings. The Labute approximate surface area is 84.2 Å². The van der Waals surface area contributed by atoms with Gasteiger partial charge in [-0.15, -0.1) is 0 Å². The molecule has 0 aromatic carbocycles. The molecule has 0 spiro atoms. The monoisotopic (exact) mass is 244 g/mol. The number of aromatic nitrogens is 2. The van der Waals surface area contributed by atoms with Crippen LogP contribution in [0.25, 0.3) is 0 Å². The molecule has 1 aromatic heterocycles. The predicted molar refractivity (Wildman–Crippen MR) is 50.4 cm³/mol. The second-order valence-corrected chi connectivity index (χ2v) is 3.47. The smallest absolute Gasteiger partial charge is 0.314 e. The molecule has 4 nitrogen and oxygen atoms in total. The molecule has 1 heterocycles. The maximum absolute atomic E-state index is 10.7. The van der Waals surface area contributed by atoms with Crippen LogP contribution in [0.15, 0.2) is 16.9 Å². The minimum atomic E-state index is -0.884. The van der Waals surface area contributed by atoms with Gasteiger partial charge in [-0.25, -0.2) is 9.97 Å². The minimum absolute atomic E-state index is 0.359. The van der Waals surface area contributed by atoms with E-state index in [2.05, 4.69) is 25.9 Å². The standard InChI is InChI=1S/C8H9BrN2O2/c1-2-6(8(12)13)7-10-3-5(9)4-11-7/h3-4,6H,2H2,1H3,(H,12,13). The number of carboxylic acid groups (broad SMARTS) is 1. The zero-order chi connectivity index (χ0) is 9.84. The summed E-state index contributed by atoms with van der Waals surface area (Å²) >= 11 is 3.18. The first-order valence-electron chi connectivity index (χ1n) is 3.85. The number of rotatable bonds is 3. The Morgan fingerprint density at radius 1 is 1.62 bits per heavy atom. The van der Waals surface area contributed by atoms with Crippen molar-refractivity contribution in [2.45, 2.75) is 19.3 Å². The zero-order valence-electron chi connectivity index (χ0n) is 7.07. The highest BCUT2D eigenvalue weighted by molar-refractivity contribution is 9.10. The van der Waals surface area contributed by atoms with Crippen molar-refractivity contribution >= 4 is 21.9 Å². The van der Waals surface area contributed by atoms with Crippen molar-refractivity contribution < 1.29 is 9.90 Å². The van der Waals surface area contributed by atoms with Gasteiger partial charge in [0.15, 0.2) is 0 Å². The molecule has 0 saturated carbocycles. The molecule has 1 N–H and O–H groups in total. The molecule has 70 valence electrons.